The number of rotatable bonds is 5. The van der Waals surface area contributed by atoms with Gasteiger partial charge in [0.25, 0.3) is 5.91 Å². The molecule has 0 bridgehead atoms. The van der Waals surface area contributed by atoms with Gasteiger partial charge < -0.3 is 9.64 Å². The van der Waals surface area contributed by atoms with Crippen molar-refractivity contribution in [2.24, 2.45) is 0 Å². The van der Waals surface area contributed by atoms with E-state index in [1.54, 1.807) is 0 Å². The first kappa shape index (κ1) is 17.5. The quantitative estimate of drug-likeness (QED) is 0.839. The summed E-state index contributed by atoms with van der Waals surface area (Å²) < 4.78 is 5.79. The van der Waals surface area contributed by atoms with Crippen molar-refractivity contribution in [1.29, 1.82) is 0 Å². The van der Waals surface area contributed by atoms with E-state index in [0.29, 0.717) is 0 Å². The number of ether oxygens (including phenoxy) is 1. The van der Waals surface area contributed by atoms with Crippen molar-refractivity contribution in [3.63, 3.8) is 0 Å². The van der Waals surface area contributed by atoms with Crippen LogP contribution in [0, 0.1) is 0 Å². The van der Waals surface area contributed by atoms with E-state index in [-0.39, 0.29) is 5.91 Å². The summed E-state index contributed by atoms with van der Waals surface area (Å²) in [6.07, 6.45) is 0.541. The van der Waals surface area contributed by atoms with E-state index in [1.165, 1.54) is 5.56 Å². The monoisotopic (exact) mass is 338 g/mol. The molecule has 1 heterocycles. The van der Waals surface area contributed by atoms with E-state index >= 15 is 0 Å². The Balaban J connectivity index is 1.52. The van der Waals surface area contributed by atoms with Crippen LogP contribution in [0.25, 0.3) is 0 Å². The molecule has 0 aromatic heterocycles. The molecule has 0 spiro atoms. The molecule has 1 unspecified atom stereocenters. The first-order chi connectivity index (χ1) is 12.2. The molecule has 2 aromatic rings. The van der Waals surface area contributed by atoms with Crippen LogP contribution in [0.4, 0.5) is 0 Å². The molecule has 0 radical (unpaired) electrons. The molecule has 4 nitrogen and oxygen atoms in total. The number of carbonyl (C=O) groups is 1. The summed E-state index contributed by atoms with van der Waals surface area (Å²) in [5, 5.41) is 0. The van der Waals surface area contributed by atoms with E-state index in [1.807, 2.05) is 48.2 Å². The summed E-state index contributed by atoms with van der Waals surface area (Å²) in [5.41, 5.74) is 1.32. The highest BCUT2D eigenvalue weighted by Crippen LogP contribution is 2.14. The first-order valence-corrected chi connectivity index (χ1v) is 8.99. The maximum absolute atomic E-state index is 12.7. The van der Waals surface area contributed by atoms with Crippen LogP contribution in [0.15, 0.2) is 60.7 Å². The third-order valence-corrected chi connectivity index (χ3v) is 4.55. The van der Waals surface area contributed by atoms with Gasteiger partial charge in [-0.2, -0.15) is 0 Å². The minimum absolute atomic E-state index is 0.0745. The zero-order chi connectivity index (χ0) is 17.5. The Morgan fingerprint density at radius 2 is 1.64 bits per heavy atom. The van der Waals surface area contributed by atoms with E-state index in [0.717, 1.165) is 44.9 Å². The molecule has 1 atom stereocenters. The largest absolute Gasteiger partial charge is 0.481 e. The van der Waals surface area contributed by atoms with Crippen molar-refractivity contribution in [2.75, 3.05) is 26.2 Å². The van der Waals surface area contributed by atoms with Crippen LogP contribution in [0.2, 0.25) is 0 Å². The van der Waals surface area contributed by atoms with Gasteiger partial charge in [-0.3, -0.25) is 9.69 Å². The van der Waals surface area contributed by atoms with Gasteiger partial charge in [-0.15, -0.1) is 0 Å². The maximum Gasteiger partial charge on any atom is 0.263 e. The Bertz CT molecular complexity index is 660. The summed E-state index contributed by atoms with van der Waals surface area (Å²) in [5.74, 6) is 0.814. The van der Waals surface area contributed by atoms with Crippen molar-refractivity contribution in [1.82, 2.24) is 9.80 Å². The number of hydrogen-bond donors (Lipinski definition) is 0. The van der Waals surface area contributed by atoms with E-state index in [4.69, 9.17) is 4.74 Å². The molecule has 0 saturated carbocycles. The van der Waals surface area contributed by atoms with Crippen molar-refractivity contribution in [3.8, 4) is 5.75 Å². The second-order valence-corrected chi connectivity index (χ2v) is 6.51. The van der Waals surface area contributed by atoms with Crippen LogP contribution in [0.1, 0.15) is 18.9 Å². The normalized spacial score (nSPS) is 16.9. The third kappa shape index (κ3) is 5.07. The smallest absolute Gasteiger partial charge is 0.263 e. The number of nitrogens with zero attached hydrogens (tertiary/aromatic N) is 2. The van der Waals surface area contributed by atoms with Gasteiger partial charge in [-0.25, -0.2) is 0 Å². The molecule has 132 valence electrons. The third-order valence-electron chi connectivity index (χ3n) is 4.55. The first-order valence-electron chi connectivity index (χ1n) is 8.99. The molecular weight excluding hydrogens is 312 g/mol. The molecule has 1 aliphatic rings. The lowest BCUT2D eigenvalue weighted by Crippen LogP contribution is -2.42. The van der Waals surface area contributed by atoms with Gasteiger partial charge in [0.15, 0.2) is 6.10 Å². The van der Waals surface area contributed by atoms with Gasteiger partial charge in [0, 0.05) is 32.7 Å². The van der Waals surface area contributed by atoms with E-state index in [2.05, 4.69) is 29.2 Å². The maximum atomic E-state index is 12.7. The highest BCUT2D eigenvalue weighted by molar-refractivity contribution is 5.81. The second kappa shape index (κ2) is 8.67. The average Bonchev–Trinajstić information content (AvgIpc) is 2.88. The van der Waals surface area contributed by atoms with Crippen molar-refractivity contribution in [2.45, 2.75) is 26.0 Å². The molecule has 1 saturated heterocycles. The van der Waals surface area contributed by atoms with Gasteiger partial charge in [-0.05, 0) is 31.0 Å². The van der Waals surface area contributed by atoms with Crippen molar-refractivity contribution in [3.05, 3.63) is 66.2 Å². The fourth-order valence-corrected chi connectivity index (χ4v) is 3.20. The summed E-state index contributed by atoms with van der Waals surface area (Å²) >= 11 is 0. The molecule has 1 aliphatic heterocycles. The Labute approximate surface area is 150 Å². The van der Waals surface area contributed by atoms with Crippen LogP contribution in [-0.2, 0) is 11.3 Å². The van der Waals surface area contributed by atoms with Gasteiger partial charge in [0.05, 0.1) is 0 Å². The Morgan fingerprint density at radius 3 is 2.36 bits per heavy atom. The highest BCUT2D eigenvalue weighted by atomic mass is 16.5. The fraction of sp³-hybridized carbons (Fsp3) is 0.381. The molecule has 25 heavy (non-hydrogen) atoms. The van der Waals surface area contributed by atoms with Crippen molar-refractivity contribution >= 4 is 5.91 Å². The number of para-hydroxylation sites is 1. The number of benzene rings is 2. The SMILES string of the molecule is CC(Oc1ccccc1)C(=O)N1CCCN(Cc2ccccc2)CC1. The molecule has 1 fully saturated rings. The van der Waals surface area contributed by atoms with Gasteiger partial charge in [0.1, 0.15) is 5.75 Å². The van der Waals surface area contributed by atoms with Gasteiger partial charge >= 0.3 is 0 Å². The molecule has 0 N–H and O–H groups in total. The highest BCUT2D eigenvalue weighted by Gasteiger charge is 2.24. The zero-order valence-corrected chi connectivity index (χ0v) is 14.8. The number of hydrogen-bond acceptors (Lipinski definition) is 3. The van der Waals surface area contributed by atoms with Crippen LogP contribution in [0.5, 0.6) is 5.75 Å². The minimum Gasteiger partial charge on any atom is -0.481 e. The Morgan fingerprint density at radius 1 is 0.960 bits per heavy atom. The average molecular weight is 338 g/mol. The second-order valence-electron chi connectivity index (χ2n) is 6.51. The predicted molar refractivity (Wildman–Crippen MR) is 99.4 cm³/mol. The fourth-order valence-electron chi connectivity index (χ4n) is 3.20. The lowest BCUT2D eigenvalue weighted by Gasteiger charge is -2.25. The van der Waals surface area contributed by atoms with Crippen LogP contribution in [0.3, 0.4) is 0 Å². The molecular formula is C21H26N2O2. The topological polar surface area (TPSA) is 32.8 Å². The van der Waals surface area contributed by atoms with Crippen molar-refractivity contribution < 1.29 is 9.53 Å². The van der Waals surface area contributed by atoms with E-state index < -0.39 is 6.10 Å². The van der Waals surface area contributed by atoms with E-state index in [9.17, 15) is 4.79 Å². The lowest BCUT2D eigenvalue weighted by atomic mass is 10.2. The minimum atomic E-state index is -0.455. The molecule has 4 heteroatoms. The summed E-state index contributed by atoms with van der Waals surface area (Å²) in [6.45, 7) is 6.26. The number of carbonyl (C=O) groups excluding carboxylic acids is 1. The standard InChI is InChI=1S/C21H26N2O2/c1-18(25-20-11-6-3-7-12-20)21(24)23-14-8-13-22(15-16-23)17-19-9-4-2-5-10-19/h2-7,9-12,18H,8,13-17H2,1H3. The van der Waals surface area contributed by atoms with Gasteiger partial charge in [-0.1, -0.05) is 48.5 Å². The molecule has 3 rings (SSSR count). The van der Waals surface area contributed by atoms with Crippen LogP contribution in [-0.4, -0.2) is 48.0 Å². The molecule has 0 aliphatic carbocycles. The van der Waals surface area contributed by atoms with Crippen LogP contribution >= 0.6 is 0 Å². The Kier molecular flexibility index (Phi) is 6.07. The zero-order valence-electron chi connectivity index (χ0n) is 14.8. The predicted octanol–water partition coefficient (Wildman–Crippen LogP) is 3.19. The summed E-state index contributed by atoms with van der Waals surface area (Å²) in [4.78, 5) is 17.1. The summed E-state index contributed by atoms with van der Waals surface area (Å²) in [6, 6.07) is 20.0. The summed E-state index contributed by atoms with van der Waals surface area (Å²) in [7, 11) is 0. The van der Waals surface area contributed by atoms with Gasteiger partial charge in [0.2, 0.25) is 0 Å². The molecule has 1 amide bonds. The number of amides is 1. The Hall–Kier alpha value is -2.33. The molecule has 2 aromatic carbocycles. The van der Waals surface area contributed by atoms with Crippen LogP contribution < -0.4 is 4.74 Å². The lowest BCUT2D eigenvalue weighted by molar-refractivity contribution is -0.137.